The average Bonchev–Trinajstić information content (AvgIpc) is 2.56. The third kappa shape index (κ3) is 10.9. The average molecular weight is 380 g/mol. The van der Waals surface area contributed by atoms with Crippen molar-refractivity contribution in [2.24, 2.45) is 0 Å². The van der Waals surface area contributed by atoms with Crippen molar-refractivity contribution < 1.29 is 28.7 Å². The third-order valence-electron chi connectivity index (χ3n) is 3.20. The smallest absolute Gasteiger partial charge is 0.408 e. The van der Waals surface area contributed by atoms with E-state index in [9.17, 15) is 14.4 Å². The van der Waals surface area contributed by atoms with Gasteiger partial charge in [0.25, 0.3) is 5.91 Å². The third-order valence-corrected chi connectivity index (χ3v) is 3.20. The summed E-state index contributed by atoms with van der Waals surface area (Å²) in [6.45, 7) is 6.84. The minimum atomic E-state index is -0.883. The minimum Gasteiger partial charge on any atom is -0.466 e. The molecule has 0 aliphatic rings. The highest BCUT2D eigenvalue weighted by Crippen LogP contribution is 2.08. The molecule has 0 aliphatic carbocycles. The van der Waals surface area contributed by atoms with Gasteiger partial charge in [-0.2, -0.15) is 0 Å². The zero-order valence-electron chi connectivity index (χ0n) is 16.2. The van der Waals surface area contributed by atoms with Gasteiger partial charge >= 0.3 is 12.1 Å². The van der Waals surface area contributed by atoms with Crippen molar-refractivity contribution >= 4 is 18.0 Å². The first kappa shape index (κ1) is 22.4. The summed E-state index contributed by atoms with van der Waals surface area (Å²) in [7, 11) is 0. The van der Waals surface area contributed by atoms with Gasteiger partial charge in [-0.3, -0.25) is 14.4 Å². The SMILES string of the molecule is CC(=O)OCCC[C@H](NC(=O)OC(C)(C)C)C(=O)NOCc1ccccc1. The van der Waals surface area contributed by atoms with Crippen molar-refractivity contribution in [1.82, 2.24) is 10.8 Å². The number of hydrogen-bond acceptors (Lipinski definition) is 6. The fourth-order valence-electron chi connectivity index (χ4n) is 2.06. The number of benzene rings is 1. The Morgan fingerprint density at radius 1 is 1.11 bits per heavy atom. The van der Waals surface area contributed by atoms with Crippen LogP contribution < -0.4 is 10.8 Å². The summed E-state index contributed by atoms with van der Waals surface area (Å²) in [5.41, 5.74) is 2.54. The zero-order valence-corrected chi connectivity index (χ0v) is 16.2. The van der Waals surface area contributed by atoms with Crippen LogP contribution in [0.4, 0.5) is 4.79 Å². The maximum absolute atomic E-state index is 12.3. The number of nitrogens with one attached hydrogen (secondary N) is 2. The molecule has 8 heteroatoms. The summed E-state index contributed by atoms with van der Waals surface area (Å²) in [6, 6.07) is 8.45. The molecule has 150 valence electrons. The van der Waals surface area contributed by atoms with Gasteiger partial charge in [-0.25, -0.2) is 10.3 Å². The topological polar surface area (TPSA) is 103 Å². The number of amides is 2. The number of hydrogen-bond donors (Lipinski definition) is 2. The van der Waals surface area contributed by atoms with Crippen molar-refractivity contribution in [3.63, 3.8) is 0 Å². The first-order chi connectivity index (χ1) is 12.7. The molecule has 1 aromatic rings. The van der Waals surface area contributed by atoms with E-state index in [0.717, 1.165) is 5.56 Å². The lowest BCUT2D eigenvalue weighted by molar-refractivity contribution is -0.141. The molecule has 8 nitrogen and oxygen atoms in total. The number of ether oxygens (including phenoxy) is 2. The molecule has 0 unspecified atom stereocenters. The Balaban J connectivity index is 2.54. The highest BCUT2D eigenvalue weighted by Gasteiger charge is 2.24. The Bertz CT molecular complexity index is 612. The Kier molecular flexibility index (Phi) is 9.29. The molecule has 2 N–H and O–H groups in total. The van der Waals surface area contributed by atoms with Crippen LogP contribution in [0.25, 0.3) is 0 Å². The van der Waals surface area contributed by atoms with Crippen LogP contribution in [0.5, 0.6) is 0 Å². The molecule has 0 radical (unpaired) electrons. The van der Waals surface area contributed by atoms with Crippen LogP contribution in [0.2, 0.25) is 0 Å². The zero-order chi connectivity index (χ0) is 20.3. The molecular weight excluding hydrogens is 352 g/mol. The summed E-state index contributed by atoms with van der Waals surface area (Å²) in [4.78, 5) is 40.4. The molecular formula is C19H28N2O6. The summed E-state index contributed by atoms with van der Waals surface area (Å²) in [5, 5.41) is 2.52. The number of rotatable bonds is 9. The largest absolute Gasteiger partial charge is 0.466 e. The van der Waals surface area contributed by atoms with E-state index in [1.54, 1.807) is 20.8 Å². The van der Waals surface area contributed by atoms with Crippen molar-refractivity contribution in [2.75, 3.05) is 6.61 Å². The maximum atomic E-state index is 12.3. The van der Waals surface area contributed by atoms with Crippen LogP contribution >= 0.6 is 0 Å². The molecule has 0 saturated heterocycles. The summed E-state index contributed by atoms with van der Waals surface area (Å²) < 4.78 is 10.0. The number of hydroxylamine groups is 1. The molecule has 0 saturated carbocycles. The van der Waals surface area contributed by atoms with Gasteiger partial charge in [-0.15, -0.1) is 0 Å². The van der Waals surface area contributed by atoms with E-state index in [0.29, 0.717) is 6.42 Å². The van der Waals surface area contributed by atoms with Crippen LogP contribution in [0.15, 0.2) is 30.3 Å². The van der Waals surface area contributed by atoms with Gasteiger partial charge in [0.1, 0.15) is 11.6 Å². The predicted octanol–water partition coefficient (Wildman–Crippen LogP) is 2.47. The molecule has 0 heterocycles. The minimum absolute atomic E-state index is 0.153. The molecule has 0 bridgehead atoms. The van der Waals surface area contributed by atoms with E-state index >= 15 is 0 Å². The quantitative estimate of drug-likeness (QED) is 0.388. The molecule has 1 rings (SSSR count). The van der Waals surface area contributed by atoms with Crippen LogP contribution in [0, 0.1) is 0 Å². The van der Waals surface area contributed by atoms with E-state index in [1.165, 1.54) is 6.92 Å². The molecule has 0 aromatic heterocycles. The van der Waals surface area contributed by atoms with E-state index in [2.05, 4.69) is 10.8 Å². The maximum Gasteiger partial charge on any atom is 0.408 e. The Morgan fingerprint density at radius 2 is 1.78 bits per heavy atom. The number of esters is 1. The molecule has 2 amide bonds. The molecule has 0 spiro atoms. The fourth-order valence-corrected chi connectivity index (χ4v) is 2.06. The number of alkyl carbamates (subject to hydrolysis) is 1. The van der Waals surface area contributed by atoms with Gasteiger partial charge in [-0.1, -0.05) is 30.3 Å². The lowest BCUT2D eigenvalue weighted by Gasteiger charge is -2.23. The molecule has 1 aromatic carbocycles. The van der Waals surface area contributed by atoms with Gasteiger partial charge in [0, 0.05) is 6.92 Å². The van der Waals surface area contributed by atoms with Gasteiger partial charge in [0.15, 0.2) is 0 Å². The van der Waals surface area contributed by atoms with Crippen LogP contribution in [-0.2, 0) is 30.5 Å². The van der Waals surface area contributed by atoms with Crippen molar-refractivity contribution in [2.45, 2.75) is 58.8 Å². The highest BCUT2D eigenvalue weighted by molar-refractivity contribution is 5.84. The van der Waals surface area contributed by atoms with Gasteiger partial charge < -0.3 is 14.8 Å². The number of carbonyl (C=O) groups is 3. The normalized spacial score (nSPS) is 12.0. The Morgan fingerprint density at radius 3 is 2.37 bits per heavy atom. The molecule has 1 atom stereocenters. The second-order valence-corrected chi connectivity index (χ2v) is 6.92. The standard InChI is InChI=1S/C19H28N2O6/c1-14(22)25-12-8-11-16(20-18(24)27-19(2,3)4)17(23)21-26-13-15-9-6-5-7-10-15/h5-7,9-10,16H,8,11-13H2,1-4H3,(H,20,24)(H,21,23)/t16-/m0/s1. The first-order valence-corrected chi connectivity index (χ1v) is 8.76. The summed E-state index contributed by atoms with van der Waals surface area (Å²) in [5.74, 6) is -0.915. The summed E-state index contributed by atoms with van der Waals surface area (Å²) in [6.07, 6.45) is -0.0580. The monoisotopic (exact) mass is 380 g/mol. The predicted molar refractivity (Wildman–Crippen MR) is 98.4 cm³/mol. The number of carbonyl (C=O) groups excluding carboxylic acids is 3. The molecule has 27 heavy (non-hydrogen) atoms. The van der Waals surface area contributed by atoms with E-state index in [-0.39, 0.29) is 19.6 Å². The van der Waals surface area contributed by atoms with Crippen LogP contribution in [0.1, 0.15) is 46.1 Å². The van der Waals surface area contributed by atoms with Crippen LogP contribution in [0.3, 0.4) is 0 Å². The van der Waals surface area contributed by atoms with E-state index in [4.69, 9.17) is 14.3 Å². The Hall–Kier alpha value is -2.61. The van der Waals surface area contributed by atoms with E-state index < -0.39 is 29.6 Å². The first-order valence-electron chi connectivity index (χ1n) is 8.76. The van der Waals surface area contributed by atoms with Gasteiger partial charge in [-0.05, 0) is 39.2 Å². The van der Waals surface area contributed by atoms with Gasteiger partial charge in [0.05, 0.1) is 13.2 Å². The second kappa shape index (κ2) is 11.2. The van der Waals surface area contributed by atoms with Crippen molar-refractivity contribution in [1.29, 1.82) is 0 Å². The van der Waals surface area contributed by atoms with Gasteiger partial charge in [0.2, 0.25) is 0 Å². The second-order valence-electron chi connectivity index (χ2n) is 6.92. The molecule has 0 aliphatic heterocycles. The summed E-state index contributed by atoms with van der Waals surface area (Å²) >= 11 is 0. The lowest BCUT2D eigenvalue weighted by Crippen LogP contribution is -2.48. The fraction of sp³-hybridized carbons (Fsp3) is 0.526. The lowest BCUT2D eigenvalue weighted by atomic mass is 10.1. The van der Waals surface area contributed by atoms with Crippen molar-refractivity contribution in [3.05, 3.63) is 35.9 Å². The van der Waals surface area contributed by atoms with Crippen LogP contribution in [-0.4, -0.2) is 36.2 Å². The Labute approximate surface area is 159 Å². The molecule has 0 fully saturated rings. The van der Waals surface area contributed by atoms with E-state index in [1.807, 2.05) is 30.3 Å². The van der Waals surface area contributed by atoms with Crippen molar-refractivity contribution in [3.8, 4) is 0 Å². The highest BCUT2D eigenvalue weighted by atomic mass is 16.7.